The highest BCUT2D eigenvalue weighted by Gasteiger charge is 2.12. The molecule has 3 aromatic carbocycles. The third-order valence-electron chi connectivity index (χ3n) is 4.59. The van der Waals surface area contributed by atoms with Crippen LogP contribution in [0.2, 0.25) is 0 Å². The molecule has 0 unspecified atom stereocenters. The SMILES string of the molecule is CCc1ccc(C(=O)O)cc1.CN(C(=O)COc1ccccc1)c1ccc(C(=O)O)cc1. The number of benzene rings is 3. The highest BCUT2D eigenvalue weighted by molar-refractivity contribution is 5.95. The summed E-state index contributed by atoms with van der Waals surface area (Å²) in [7, 11) is 1.62. The highest BCUT2D eigenvalue weighted by Crippen LogP contribution is 2.15. The summed E-state index contributed by atoms with van der Waals surface area (Å²) in [5, 5.41) is 17.4. The molecule has 7 heteroatoms. The molecular formula is C25H25NO6. The largest absolute Gasteiger partial charge is 0.484 e. The molecule has 0 aromatic heterocycles. The van der Waals surface area contributed by atoms with Crippen molar-refractivity contribution in [3.8, 4) is 5.75 Å². The van der Waals surface area contributed by atoms with Gasteiger partial charge in [0, 0.05) is 12.7 Å². The van der Waals surface area contributed by atoms with Crippen molar-refractivity contribution in [1.82, 2.24) is 0 Å². The average molecular weight is 435 g/mol. The number of carbonyl (C=O) groups is 3. The molecular weight excluding hydrogens is 410 g/mol. The van der Waals surface area contributed by atoms with E-state index >= 15 is 0 Å². The molecule has 1 amide bonds. The second-order valence-electron chi connectivity index (χ2n) is 6.76. The Bertz CT molecular complexity index is 1030. The van der Waals surface area contributed by atoms with E-state index in [2.05, 4.69) is 0 Å². The maximum Gasteiger partial charge on any atom is 0.335 e. The van der Waals surface area contributed by atoms with Crippen molar-refractivity contribution in [3.63, 3.8) is 0 Å². The second-order valence-corrected chi connectivity index (χ2v) is 6.76. The van der Waals surface area contributed by atoms with Crippen molar-refractivity contribution in [1.29, 1.82) is 0 Å². The summed E-state index contributed by atoms with van der Waals surface area (Å²) in [6.45, 7) is 1.96. The van der Waals surface area contributed by atoms with Crippen molar-refractivity contribution in [3.05, 3.63) is 95.6 Å². The van der Waals surface area contributed by atoms with Gasteiger partial charge in [-0.3, -0.25) is 4.79 Å². The van der Waals surface area contributed by atoms with Crippen LogP contribution in [0, 0.1) is 0 Å². The number of ether oxygens (including phenoxy) is 1. The van der Waals surface area contributed by atoms with Gasteiger partial charge in [0.25, 0.3) is 5.91 Å². The number of likely N-dealkylation sites (N-methyl/N-ethyl adjacent to an activating group) is 1. The second kappa shape index (κ2) is 11.9. The molecule has 0 spiro atoms. The fourth-order valence-electron chi connectivity index (χ4n) is 2.61. The molecule has 0 atom stereocenters. The van der Waals surface area contributed by atoms with Crippen LogP contribution in [0.3, 0.4) is 0 Å². The first-order valence-electron chi connectivity index (χ1n) is 9.91. The lowest BCUT2D eigenvalue weighted by Gasteiger charge is -2.17. The van der Waals surface area contributed by atoms with E-state index < -0.39 is 11.9 Å². The monoisotopic (exact) mass is 435 g/mol. The molecule has 0 heterocycles. The van der Waals surface area contributed by atoms with Crippen LogP contribution in [0.5, 0.6) is 5.75 Å². The normalized spacial score (nSPS) is 9.81. The number of nitrogens with zero attached hydrogens (tertiary/aromatic N) is 1. The zero-order valence-corrected chi connectivity index (χ0v) is 17.9. The molecule has 0 aliphatic rings. The molecule has 0 saturated heterocycles. The highest BCUT2D eigenvalue weighted by atomic mass is 16.5. The van der Waals surface area contributed by atoms with Gasteiger partial charge in [-0.15, -0.1) is 0 Å². The van der Waals surface area contributed by atoms with E-state index in [1.54, 1.807) is 43.4 Å². The first kappa shape index (κ1) is 24.1. The van der Waals surface area contributed by atoms with Gasteiger partial charge in [-0.2, -0.15) is 0 Å². The van der Waals surface area contributed by atoms with Gasteiger partial charge in [0.15, 0.2) is 6.61 Å². The lowest BCUT2D eigenvalue weighted by atomic mass is 10.1. The fraction of sp³-hybridized carbons (Fsp3) is 0.160. The maximum absolute atomic E-state index is 12.0. The third-order valence-corrected chi connectivity index (χ3v) is 4.59. The summed E-state index contributed by atoms with van der Waals surface area (Å²) in [6.07, 6.45) is 0.944. The van der Waals surface area contributed by atoms with Gasteiger partial charge in [-0.1, -0.05) is 37.3 Å². The summed E-state index contributed by atoms with van der Waals surface area (Å²) < 4.78 is 5.39. The molecule has 32 heavy (non-hydrogen) atoms. The Morgan fingerprint density at radius 3 is 1.75 bits per heavy atom. The number of aromatic carboxylic acids is 2. The summed E-state index contributed by atoms with van der Waals surface area (Å²) in [5.74, 6) is -1.46. The minimum absolute atomic E-state index is 0.0821. The van der Waals surface area contributed by atoms with Gasteiger partial charge in [-0.05, 0) is 60.5 Å². The number of aryl methyl sites for hydroxylation is 1. The number of hydrogen-bond donors (Lipinski definition) is 2. The fourth-order valence-corrected chi connectivity index (χ4v) is 2.61. The Morgan fingerprint density at radius 1 is 0.781 bits per heavy atom. The molecule has 0 bridgehead atoms. The molecule has 0 saturated carbocycles. The van der Waals surface area contributed by atoms with Crippen molar-refractivity contribution in [2.24, 2.45) is 0 Å². The van der Waals surface area contributed by atoms with Gasteiger partial charge in [0.05, 0.1) is 11.1 Å². The van der Waals surface area contributed by atoms with Gasteiger partial charge < -0.3 is 19.8 Å². The Morgan fingerprint density at radius 2 is 1.28 bits per heavy atom. The van der Waals surface area contributed by atoms with E-state index in [0.29, 0.717) is 17.0 Å². The number of carbonyl (C=O) groups excluding carboxylic acids is 1. The summed E-state index contributed by atoms with van der Waals surface area (Å²) in [4.78, 5) is 34.6. The molecule has 166 valence electrons. The van der Waals surface area contributed by atoms with Crippen LogP contribution in [-0.2, 0) is 11.2 Å². The molecule has 3 aromatic rings. The van der Waals surface area contributed by atoms with E-state index in [9.17, 15) is 14.4 Å². The van der Waals surface area contributed by atoms with Crippen LogP contribution >= 0.6 is 0 Å². The summed E-state index contributed by atoms with van der Waals surface area (Å²) in [5.41, 5.74) is 2.30. The number of para-hydroxylation sites is 1. The van der Waals surface area contributed by atoms with Gasteiger partial charge in [-0.25, -0.2) is 9.59 Å². The summed E-state index contributed by atoms with van der Waals surface area (Å²) >= 11 is 0. The Kier molecular flexibility index (Phi) is 8.98. The molecule has 2 N–H and O–H groups in total. The van der Waals surface area contributed by atoms with Crippen LogP contribution in [0.15, 0.2) is 78.9 Å². The predicted octanol–water partition coefficient (Wildman–Crippen LogP) is 4.37. The van der Waals surface area contributed by atoms with E-state index in [-0.39, 0.29) is 18.1 Å². The first-order valence-corrected chi connectivity index (χ1v) is 9.91. The number of anilines is 1. The van der Waals surface area contributed by atoms with Gasteiger partial charge >= 0.3 is 11.9 Å². The average Bonchev–Trinajstić information content (AvgIpc) is 2.83. The van der Waals surface area contributed by atoms with Crippen LogP contribution in [0.4, 0.5) is 5.69 Å². The van der Waals surface area contributed by atoms with Crippen LogP contribution in [0.1, 0.15) is 33.2 Å². The van der Waals surface area contributed by atoms with E-state index in [4.69, 9.17) is 14.9 Å². The van der Waals surface area contributed by atoms with Gasteiger partial charge in [0.2, 0.25) is 0 Å². The summed E-state index contributed by atoms with van der Waals surface area (Å²) in [6, 6.07) is 22.1. The zero-order chi connectivity index (χ0) is 23.5. The van der Waals surface area contributed by atoms with Gasteiger partial charge in [0.1, 0.15) is 5.75 Å². The molecule has 0 radical (unpaired) electrons. The number of hydrogen-bond acceptors (Lipinski definition) is 4. The lowest BCUT2D eigenvalue weighted by molar-refractivity contribution is -0.120. The minimum Gasteiger partial charge on any atom is -0.484 e. The Labute approximate surface area is 186 Å². The lowest BCUT2D eigenvalue weighted by Crippen LogP contribution is -2.31. The van der Waals surface area contributed by atoms with Crippen LogP contribution < -0.4 is 9.64 Å². The number of rotatable bonds is 7. The maximum atomic E-state index is 12.0. The van der Waals surface area contributed by atoms with E-state index in [1.165, 1.54) is 17.0 Å². The van der Waals surface area contributed by atoms with Crippen LogP contribution in [0.25, 0.3) is 0 Å². The number of amides is 1. The third kappa shape index (κ3) is 7.28. The first-order chi connectivity index (χ1) is 15.3. The Hall–Kier alpha value is -4.13. The number of carboxylic acid groups (broad SMARTS) is 2. The van der Waals surface area contributed by atoms with E-state index in [1.807, 2.05) is 37.3 Å². The molecule has 3 rings (SSSR count). The smallest absolute Gasteiger partial charge is 0.335 e. The predicted molar refractivity (Wildman–Crippen MR) is 122 cm³/mol. The zero-order valence-electron chi connectivity index (χ0n) is 17.9. The quantitative estimate of drug-likeness (QED) is 0.571. The molecule has 0 aliphatic carbocycles. The molecule has 7 nitrogen and oxygen atoms in total. The van der Waals surface area contributed by atoms with Crippen molar-refractivity contribution in [2.75, 3.05) is 18.6 Å². The van der Waals surface area contributed by atoms with E-state index in [0.717, 1.165) is 12.0 Å². The van der Waals surface area contributed by atoms with Crippen molar-refractivity contribution >= 4 is 23.5 Å². The van der Waals surface area contributed by atoms with Crippen LogP contribution in [-0.4, -0.2) is 41.7 Å². The van der Waals surface area contributed by atoms with Crippen molar-refractivity contribution in [2.45, 2.75) is 13.3 Å². The molecule has 0 aliphatic heterocycles. The number of carboxylic acids is 2. The topological polar surface area (TPSA) is 104 Å². The standard InChI is InChI=1S/C16H15NO4.C9H10O2/c1-17(13-9-7-12(8-10-13)16(19)20)15(18)11-21-14-5-3-2-4-6-14;1-2-7-3-5-8(6-4-7)9(10)11/h2-10H,11H2,1H3,(H,19,20);3-6H,2H2,1H3,(H,10,11). The minimum atomic E-state index is -0.997. The molecule has 0 fully saturated rings. The van der Waals surface area contributed by atoms with Crippen molar-refractivity contribution < 1.29 is 29.3 Å². The Balaban J connectivity index is 0.000000278.